The van der Waals surface area contributed by atoms with Gasteiger partial charge in [-0.3, -0.25) is 9.59 Å². The fourth-order valence-electron chi connectivity index (χ4n) is 2.08. The molecule has 0 rings (SSSR count). The van der Waals surface area contributed by atoms with E-state index < -0.39 is 0 Å². The number of methoxy groups -OCH3 is 1. The first-order valence-electron chi connectivity index (χ1n) is 7.30. The van der Waals surface area contributed by atoms with E-state index in [1.54, 1.807) is 47.6 Å². The van der Waals surface area contributed by atoms with E-state index >= 15 is 0 Å². The molecule has 0 fully saturated rings. The van der Waals surface area contributed by atoms with Gasteiger partial charge in [0.15, 0.2) is 5.78 Å². The minimum Gasteiger partial charge on any atom is -0.383 e. The molecule has 0 aliphatic heterocycles. The quantitative estimate of drug-likeness (QED) is 0.542. The standard InChI is InChI=1S/C15H29NO3S2/c1-7-8-13(17)12(2)16(4)14(18)9-10-15(3,11-19-5)21-20-6/h12H,7-11H2,1-6H3. The van der Waals surface area contributed by atoms with Gasteiger partial charge in [-0.25, -0.2) is 0 Å². The van der Waals surface area contributed by atoms with Crippen molar-refractivity contribution < 1.29 is 14.3 Å². The molecule has 0 bridgehead atoms. The molecule has 6 heteroatoms. The molecule has 0 aromatic heterocycles. The smallest absolute Gasteiger partial charge is 0.222 e. The van der Waals surface area contributed by atoms with E-state index in [1.165, 1.54) is 0 Å². The minimum absolute atomic E-state index is 0.0241. The molecule has 0 saturated heterocycles. The number of carbonyl (C=O) groups is 2. The Hall–Kier alpha value is -0.200. The van der Waals surface area contributed by atoms with Crippen LogP contribution in [-0.2, 0) is 14.3 Å². The van der Waals surface area contributed by atoms with Crippen LogP contribution in [0.25, 0.3) is 0 Å². The number of ketones is 1. The zero-order chi connectivity index (χ0) is 16.5. The van der Waals surface area contributed by atoms with Crippen LogP contribution in [0, 0.1) is 0 Å². The molecular formula is C15H29NO3S2. The van der Waals surface area contributed by atoms with Crippen molar-refractivity contribution in [2.45, 2.75) is 57.2 Å². The number of rotatable bonds is 11. The summed E-state index contributed by atoms with van der Waals surface area (Å²) in [4.78, 5) is 25.7. The molecule has 0 aromatic carbocycles. The maximum absolute atomic E-state index is 12.3. The van der Waals surface area contributed by atoms with Crippen LogP contribution < -0.4 is 0 Å². The normalized spacial score (nSPS) is 15.3. The first-order valence-corrected chi connectivity index (χ1v) is 9.86. The average Bonchev–Trinajstić information content (AvgIpc) is 2.44. The second-order valence-electron chi connectivity index (χ2n) is 5.53. The molecule has 0 aliphatic carbocycles. The number of nitrogens with zero attached hydrogens (tertiary/aromatic N) is 1. The van der Waals surface area contributed by atoms with Gasteiger partial charge in [0.05, 0.1) is 12.6 Å². The summed E-state index contributed by atoms with van der Waals surface area (Å²) in [5.41, 5.74) is 0. The van der Waals surface area contributed by atoms with E-state index in [0.29, 0.717) is 19.4 Å². The summed E-state index contributed by atoms with van der Waals surface area (Å²) in [5.74, 6) is 0.155. The Labute approximate surface area is 137 Å². The highest BCUT2D eigenvalue weighted by atomic mass is 33.1. The summed E-state index contributed by atoms with van der Waals surface area (Å²) in [6.07, 6.45) is 4.56. The lowest BCUT2D eigenvalue weighted by Gasteiger charge is -2.29. The van der Waals surface area contributed by atoms with Gasteiger partial charge in [-0.05, 0) is 32.9 Å². The summed E-state index contributed by atoms with van der Waals surface area (Å²) in [6, 6.07) is -0.334. The van der Waals surface area contributed by atoms with Crippen LogP contribution in [0.2, 0.25) is 0 Å². The number of carbonyl (C=O) groups excluding carboxylic acids is 2. The molecule has 2 atom stereocenters. The van der Waals surface area contributed by atoms with Gasteiger partial charge in [-0.1, -0.05) is 28.5 Å². The predicted molar refractivity (Wildman–Crippen MR) is 92.8 cm³/mol. The highest BCUT2D eigenvalue weighted by molar-refractivity contribution is 8.77. The molecule has 0 N–H and O–H groups in total. The Morgan fingerprint density at radius 1 is 1.33 bits per heavy atom. The van der Waals surface area contributed by atoms with Gasteiger partial charge in [0, 0.05) is 31.7 Å². The van der Waals surface area contributed by atoms with E-state index in [2.05, 4.69) is 6.92 Å². The van der Waals surface area contributed by atoms with Crippen LogP contribution in [0.4, 0.5) is 0 Å². The van der Waals surface area contributed by atoms with Crippen LogP contribution in [-0.4, -0.2) is 54.4 Å². The lowest BCUT2D eigenvalue weighted by molar-refractivity contribution is -0.137. The summed E-state index contributed by atoms with van der Waals surface area (Å²) >= 11 is 0. The van der Waals surface area contributed by atoms with E-state index in [1.807, 2.05) is 13.2 Å². The third kappa shape index (κ3) is 7.56. The van der Waals surface area contributed by atoms with Crippen LogP contribution in [0.1, 0.15) is 46.5 Å². The Bertz CT molecular complexity index is 331. The third-order valence-electron chi connectivity index (χ3n) is 3.54. The lowest BCUT2D eigenvalue weighted by Crippen LogP contribution is -2.41. The molecule has 0 heterocycles. The van der Waals surface area contributed by atoms with Crippen LogP contribution in [0.15, 0.2) is 0 Å². The van der Waals surface area contributed by atoms with Crippen molar-refractivity contribution in [1.82, 2.24) is 4.90 Å². The van der Waals surface area contributed by atoms with Gasteiger partial charge in [-0.15, -0.1) is 0 Å². The van der Waals surface area contributed by atoms with E-state index in [9.17, 15) is 9.59 Å². The fourth-order valence-corrected chi connectivity index (χ4v) is 4.43. The first-order chi connectivity index (χ1) is 9.81. The van der Waals surface area contributed by atoms with Gasteiger partial charge in [0.2, 0.25) is 5.91 Å². The molecule has 124 valence electrons. The second-order valence-corrected chi connectivity index (χ2v) is 8.52. The van der Waals surface area contributed by atoms with Crippen molar-refractivity contribution in [3.63, 3.8) is 0 Å². The Morgan fingerprint density at radius 2 is 1.95 bits per heavy atom. The van der Waals surface area contributed by atoms with Gasteiger partial charge in [-0.2, -0.15) is 0 Å². The van der Waals surface area contributed by atoms with Crippen molar-refractivity contribution in [2.75, 3.05) is 27.0 Å². The SMILES string of the molecule is CCCC(=O)C(C)N(C)C(=O)CCC(C)(COC)SSC. The average molecular weight is 336 g/mol. The monoisotopic (exact) mass is 335 g/mol. The molecule has 2 unspecified atom stereocenters. The lowest BCUT2D eigenvalue weighted by atomic mass is 10.0. The largest absolute Gasteiger partial charge is 0.383 e. The van der Waals surface area contributed by atoms with Crippen LogP contribution in [0.5, 0.6) is 0 Å². The van der Waals surface area contributed by atoms with Crippen molar-refractivity contribution in [2.24, 2.45) is 0 Å². The molecule has 0 aliphatic rings. The summed E-state index contributed by atoms with van der Waals surface area (Å²) < 4.78 is 5.17. The third-order valence-corrected chi connectivity index (χ3v) is 6.14. The number of amides is 1. The topological polar surface area (TPSA) is 46.6 Å². The van der Waals surface area contributed by atoms with Gasteiger partial charge in [0.1, 0.15) is 0 Å². The van der Waals surface area contributed by atoms with Crippen molar-refractivity contribution in [3.05, 3.63) is 0 Å². The van der Waals surface area contributed by atoms with Gasteiger partial charge >= 0.3 is 0 Å². The molecule has 0 saturated carbocycles. The Balaban J connectivity index is 4.49. The minimum atomic E-state index is -0.334. The maximum Gasteiger partial charge on any atom is 0.222 e. The van der Waals surface area contributed by atoms with E-state index in [0.717, 1.165) is 12.8 Å². The number of hydrogen-bond acceptors (Lipinski definition) is 5. The maximum atomic E-state index is 12.3. The second kappa shape index (κ2) is 10.5. The van der Waals surface area contributed by atoms with Gasteiger partial charge < -0.3 is 9.64 Å². The highest BCUT2D eigenvalue weighted by Crippen LogP contribution is 2.38. The highest BCUT2D eigenvalue weighted by Gasteiger charge is 2.28. The zero-order valence-electron chi connectivity index (χ0n) is 14.1. The summed E-state index contributed by atoms with van der Waals surface area (Å²) in [7, 11) is 6.82. The molecular weight excluding hydrogens is 306 g/mol. The number of likely N-dealkylation sites (N-methyl/N-ethyl adjacent to an activating group) is 1. The Kier molecular flexibility index (Phi) is 10.4. The Morgan fingerprint density at radius 3 is 2.43 bits per heavy atom. The van der Waals surface area contributed by atoms with E-state index in [4.69, 9.17) is 4.74 Å². The van der Waals surface area contributed by atoms with Crippen molar-refractivity contribution in [1.29, 1.82) is 0 Å². The summed E-state index contributed by atoms with van der Waals surface area (Å²) in [6.45, 7) is 6.50. The molecule has 21 heavy (non-hydrogen) atoms. The summed E-state index contributed by atoms with van der Waals surface area (Å²) in [5, 5.41) is 0. The zero-order valence-corrected chi connectivity index (χ0v) is 15.7. The van der Waals surface area contributed by atoms with Crippen molar-refractivity contribution >= 4 is 33.3 Å². The van der Waals surface area contributed by atoms with E-state index in [-0.39, 0.29) is 22.5 Å². The van der Waals surface area contributed by atoms with Crippen molar-refractivity contribution in [3.8, 4) is 0 Å². The molecule has 0 spiro atoms. The number of Topliss-reactive ketones (excluding diaryl/α,β-unsaturated/α-hetero) is 1. The van der Waals surface area contributed by atoms with Crippen LogP contribution in [0.3, 0.4) is 0 Å². The fraction of sp³-hybridized carbons (Fsp3) is 0.867. The van der Waals surface area contributed by atoms with Gasteiger partial charge in [0.25, 0.3) is 0 Å². The molecule has 4 nitrogen and oxygen atoms in total. The number of ether oxygens (including phenoxy) is 1. The molecule has 1 amide bonds. The number of hydrogen-bond donors (Lipinski definition) is 0. The predicted octanol–water partition coefficient (Wildman–Crippen LogP) is 3.40. The molecule has 0 radical (unpaired) electrons. The first kappa shape index (κ1) is 20.8. The molecule has 0 aromatic rings. The van der Waals surface area contributed by atoms with Crippen LogP contribution >= 0.6 is 21.6 Å².